The van der Waals surface area contributed by atoms with Crippen LogP contribution in [0, 0.1) is 38.0 Å². The Bertz CT molecular complexity index is 353. The molecule has 0 saturated carbocycles. The molecule has 0 aromatic heterocycles. The van der Waals surface area contributed by atoms with Crippen molar-refractivity contribution in [3.63, 3.8) is 0 Å². The second kappa shape index (κ2) is 5.20. The van der Waals surface area contributed by atoms with E-state index in [-0.39, 0.29) is 21.7 Å². The molecule has 0 atom stereocenters. The van der Waals surface area contributed by atoms with Gasteiger partial charge in [0.2, 0.25) is 11.6 Å². The van der Waals surface area contributed by atoms with Gasteiger partial charge in [0.05, 0.1) is 0 Å². The van der Waals surface area contributed by atoms with E-state index in [1.165, 1.54) is 5.57 Å². The smallest absolute Gasteiger partial charge is 0.222 e. The number of halogens is 1. The van der Waals surface area contributed by atoms with Gasteiger partial charge in [-0.3, -0.25) is 0 Å². The van der Waals surface area contributed by atoms with Crippen molar-refractivity contribution in [1.82, 2.24) is 0 Å². The first-order valence-corrected chi connectivity index (χ1v) is 7.85. The summed E-state index contributed by atoms with van der Waals surface area (Å²) in [4.78, 5) is 0. The van der Waals surface area contributed by atoms with Crippen LogP contribution < -0.4 is 18.6 Å². The van der Waals surface area contributed by atoms with Crippen molar-refractivity contribution in [3.8, 4) is 0 Å². The van der Waals surface area contributed by atoms with Crippen molar-refractivity contribution in [2.24, 2.45) is 21.7 Å². The highest BCUT2D eigenvalue weighted by Crippen LogP contribution is 2.69. The Morgan fingerprint density at radius 2 is 1.00 bits per heavy atom. The van der Waals surface area contributed by atoms with E-state index in [1.54, 1.807) is 0 Å². The van der Waals surface area contributed by atoms with Crippen LogP contribution in [-0.4, -0.2) is 0 Å². The summed E-state index contributed by atoms with van der Waals surface area (Å²) in [5, 5.41) is 0. The van der Waals surface area contributed by atoms with Crippen LogP contribution in [0.4, 0.5) is 0 Å². The molecule has 0 bridgehead atoms. The third-order valence-electron chi connectivity index (χ3n) is 3.62. The SMILES string of the molecule is CC(C)(C)C1=[C+]C1(C(C)(C)C)C(C)(C)C.[O-][Cl+3]([O-])([O-])[O-]. The topological polar surface area (TPSA) is 92.2 Å². The summed E-state index contributed by atoms with van der Waals surface area (Å²) in [6.45, 7) is 20.9. The largest absolute Gasteiger partial charge is 0.264 e. The molecule has 0 saturated heterocycles. The molecule has 0 fully saturated rings. The van der Waals surface area contributed by atoms with Gasteiger partial charge >= 0.3 is 0 Å². The van der Waals surface area contributed by atoms with Crippen LogP contribution in [0.5, 0.6) is 0 Å². The molecule has 20 heavy (non-hydrogen) atoms. The Hall–Kier alpha value is -0.220. The van der Waals surface area contributed by atoms with Gasteiger partial charge in [-0.25, -0.2) is 18.6 Å². The first kappa shape index (κ1) is 19.8. The summed E-state index contributed by atoms with van der Waals surface area (Å²) in [7, 11) is -4.94. The molecule has 0 amide bonds. The molecule has 1 aliphatic carbocycles. The molecule has 1 rings (SSSR count). The van der Waals surface area contributed by atoms with Gasteiger partial charge in [0.1, 0.15) is 0 Å². The average Bonchev–Trinajstić information content (AvgIpc) is 2.67. The standard InChI is InChI=1S/C15H27.ClHO4/c1-12(2,3)11-10-15(11,13(4,5)6)14(7,8)9;2-1(3,4)5/h1-9H3;(H,2,3,4,5)/q+1;/p-1. The molecule has 0 unspecified atom stereocenters. The maximum absolute atomic E-state index is 8.49. The molecule has 4 nitrogen and oxygen atoms in total. The van der Waals surface area contributed by atoms with E-state index >= 15 is 0 Å². The van der Waals surface area contributed by atoms with Gasteiger partial charge in [-0.15, -0.1) is 10.2 Å². The third-order valence-corrected chi connectivity index (χ3v) is 3.62. The van der Waals surface area contributed by atoms with Crippen molar-refractivity contribution in [2.75, 3.05) is 0 Å². The molecule has 5 heteroatoms. The van der Waals surface area contributed by atoms with Crippen LogP contribution in [0.3, 0.4) is 0 Å². The summed E-state index contributed by atoms with van der Waals surface area (Å²) in [5.74, 6) is 0. The van der Waals surface area contributed by atoms with Crippen molar-refractivity contribution < 1.29 is 28.9 Å². The molecular formula is C15H27ClO4. The van der Waals surface area contributed by atoms with E-state index in [4.69, 9.17) is 18.6 Å². The van der Waals surface area contributed by atoms with Gasteiger partial charge in [0.25, 0.3) is 5.41 Å². The number of rotatable bonds is 0. The van der Waals surface area contributed by atoms with Gasteiger partial charge < -0.3 is 0 Å². The highest BCUT2D eigenvalue weighted by molar-refractivity contribution is 5.43. The number of allylic oxidation sites excluding steroid dienone is 2. The lowest BCUT2D eigenvalue weighted by Gasteiger charge is -2.35. The maximum atomic E-state index is 8.49. The average molecular weight is 307 g/mol. The second-order valence-corrected chi connectivity index (χ2v) is 9.13. The monoisotopic (exact) mass is 306 g/mol. The molecule has 118 valence electrons. The molecular weight excluding hydrogens is 280 g/mol. The Kier molecular flexibility index (Phi) is 5.15. The molecule has 0 N–H and O–H groups in total. The van der Waals surface area contributed by atoms with Crippen LogP contribution in [0.1, 0.15) is 62.3 Å². The van der Waals surface area contributed by atoms with E-state index in [0.717, 1.165) is 0 Å². The zero-order chi connectivity index (χ0) is 16.8. The van der Waals surface area contributed by atoms with Crippen LogP contribution in [0.15, 0.2) is 5.57 Å². The zero-order valence-electron chi connectivity index (χ0n) is 14.0. The summed E-state index contributed by atoms with van der Waals surface area (Å²) < 4.78 is 34.0. The van der Waals surface area contributed by atoms with E-state index in [1.807, 2.05) is 0 Å². The lowest BCUT2D eigenvalue weighted by atomic mass is 9.58. The maximum Gasteiger partial charge on any atom is 0.264 e. The fourth-order valence-electron chi connectivity index (χ4n) is 3.16. The minimum atomic E-state index is -4.94. The summed E-state index contributed by atoms with van der Waals surface area (Å²) >= 11 is 0. The van der Waals surface area contributed by atoms with Gasteiger partial charge in [-0.05, 0) is 0 Å². The lowest BCUT2D eigenvalue weighted by Crippen LogP contribution is -2.68. The number of hydrogen-bond acceptors (Lipinski definition) is 4. The van der Waals surface area contributed by atoms with E-state index in [9.17, 15) is 0 Å². The minimum Gasteiger partial charge on any atom is -0.222 e. The first-order chi connectivity index (χ1) is 8.34. The van der Waals surface area contributed by atoms with Gasteiger partial charge in [0.15, 0.2) is 0 Å². The Labute approximate surface area is 125 Å². The van der Waals surface area contributed by atoms with Crippen molar-refractivity contribution >= 4 is 0 Å². The quantitative estimate of drug-likeness (QED) is 0.593. The van der Waals surface area contributed by atoms with E-state index in [0.29, 0.717) is 0 Å². The molecule has 1 aliphatic rings. The van der Waals surface area contributed by atoms with Gasteiger partial charge in [-0.2, -0.15) is 0 Å². The molecule has 0 aromatic carbocycles. The second-order valence-electron chi connectivity index (χ2n) is 8.38. The van der Waals surface area contributed by atoms with E-state index < -0.39 is 10.2 Å². The minimum absolute atomic E-state index is 0.193. The summed E-state index contributed by atoms with van der Waals surface area (Å²) in [6, 6.07) is 0. The fraction of sp³-hybridized carbons (Fsp3) is 0.867. The highest BCUT2D eigenvalue weighted by atomic mass is 35.7. The third kappa shape index (κ3) is 4.66. The highest BCUT2D eigenvalue weighted by Gasteiger charge is 2.78. The van der Waals surface area contributed by atoms with Crippen LogP contribution in [0.25, 0.3) is 0 Å². The van der Waals surface area contributed by atoms with Crippen molar-refractivity contribution in [2.45, 2.75) is 62.3 Å². The van der Waals surface area contributed by atoms with Gasteiger partial charge in [-0.1, -0.05) is 62.3 Å². The van der Waals surface area contributed by atoms with Crippen molar-refractivity contribution in [3.05, 3.63) is 11.6 Å². The Morgan fingerprint density at radius 3 is 1.05 bits per heavy atom. The molecule has 0 aliphatic heterocycles. The van der Waals surface area contributed by atoms with Crippen molar-refractivity contribution in [1.29, 1.82) is 0 Å². The molecule has 0 aromatic rings. The fourth-order valence-corrected chi connectivity index (χ4v) is 3.16. The lowest BCUT2D eigenvalue weighted by molar-refractivity contribution is -2.00. The van der Waals surface area contributed by atoms with Crippen LogP contribution in [-0.2, 0) is 0 Å². The zero-order valence-corrected chi connectivity index (χ0v) is 14.8. The normalized spacial score (nSPS) is 18.6. The van der Waals surface area contributed by atoms with Crippen LogP contribution >= 0.6 is 0 Å². The van der Waals surface area contributed by atoms with Crippen LogP contribution in [0.2, 0.25) is 0 Å². The molecule has 0 radical (unpaired) electrons. The predicted octanol–water partition coefficient (Wildman–Crippen LogP) is 0.0983. The first-order valence-electron chi connectivity index (χ1n) is 6.62. The molecule has 0 heterocycles. The number of hydrogen-bond donors (Lipinski definition) is 0. The Balaban J connectivity index is 0.000000621. The Morgan fingerprint density at radius 1 is 0.750 bits per heavy atom. The molecule has 0 spiro atoms. The summed E-state index contributed by atoms with van der Waals surface area (Å²) in [5.41, 5.74) is 2.52. The predicted molar refractivity (Wildman–Crippen MR) is 67.6 cm³/mol. The van der Waals surface area contributed by atoms with E-state index in [2.05, 4.69) is 68.4 Å². The van der Waals surface area contributed by atoms with Gasteiger partial charge in [0, 0.05) is 16.2 Å². The summed E-state index contributed by atoms with van der Waals surface area (Å²) in [6.07, 6.45) is 3.72.